The van der Waals surface area contributed by atoms with Gasteiger partial charge in [0.1, 0.15) is 0 Å². The van der Waals surface area contributed by atoms with Crippen molar-refractivity contribution >= 4 is 11.6 Å². The summed E-state index contributed by atoms with van der Waals surface area (Å²) in [5.74, 6) is 3.72. The Morgan fingerprint density at radius 1 is 1.42 bits per heavy atom. The number of benzene rings is 1. The molecule has 0 atom stereocenters. The quantitative estimate of drug-likeness (QED) is 0.578. The lowest BCUT2D eigenvalue weighted by atomic mass is 10.0. The van der Waals surface area contributed by atoms with Crippen LogP contribution in [0.3, 0.4) is 0 Å². The number of halogens is 1. The van der Waals surface area contributed by atoms with E-state index in [0.717, 1.165) is 11.1 Å². The third-order valence-corrected chi connectivity index (χ3v) is 2.10. The number of terminal acetylenes is 1. The largest absolute Gasteiger partial charge is 0.115 e. The van der Waals surface area contributed by atoms with Gasteiger partial charge in [-0.2, -0.15) is 0 Å². The van der Waals surface area contributed by atoms with Gasteiger partial charge < -0.3 is 0 Å². The second kappa shape index (κ2) is 3.65. The van der Waals surface area contributed by atoms with Gasteiger partial charge in [0.25, 0.3) is 0 Å². The topological polar surface area (TPSA) is 0 Å². The molecular weight excluding hydrogens is 168 g/mol. The van der Waals surface area contributed by atoms with Crippen LogP contribution in [0.15, 0.2) is 18.2 Å². The lowest BCUT2D eigenvalue weighted by Crippen LogP contribution is -1.91. The monoisotopic (exact) mass is 177 g/mol. The summed E-state index contributed by atoms with van der Waals surface area (Å²) >= 11 is 6.04. The van der Waals surface area contributed by atoms with Crippen LogP contribution in [-0.2, 0) is 0 Å². The van der Waals surface area contributed by atoms with Gasteiger partial charge in [-0.25, -0.2) is 0 Å². The van der Waals surface area contributed by atoms with Gasteiger partial charge in [-0.1, -0.05) is 43.5 Å². The van der Waals surface area contributed by atoms with Crippen LogP contribution in [0.1, 0.15) is 25.0 Å². The predicted octanol–water partition coefficient (Wildman–Crippen LogP) is 3.28. The van der Waals surface area contributed by atoms with Crippen LogP contribution in [0.4, 0.5) is 0 Å². The van der Waals surface area contributed by atoms with Gasteiger partial charge in [-0.3, -0.25) is 0 Å². The summed E-state index contributed by atoms with van der Waals surface area (Å²) in [6.07, 6.45) is 5.28. The molecule has 0 aliphatic heterocycles. The molecule has 0 aliphatic carbocycles. The Morgan fingerprint density at radius 3 is 2.58 bits per heavy atom. The van der Waals surface area contributed by atoms with E-state index >= 15 is 0 Å². The molecule has 0 heterocycles. The molecular formula is C11H10Cl. The van der Waals surface area contributed by atoms with Crippen molar-refractivity contribution < 1.29 is 0 Å². The minimum Gasteiger partial charge on any atom is -0.115 e. The summed E-state index contributed by atoms with van der Waals surface area (Å²) in [6, 6.07) is 5.73. The fraction of sp³-hybridized carbons (Fsp3) is 0.182. The van der Waals surface area contributed by atoms with E-state index in [2.05, 4.69) is 5.92 Å². The highest BCUT2D eigenvalue weighted by Crippen LogP contribution is 2.26. The molecule has 0 aromatic heterocycles. The van der Waals surface area contributed by atoms with E-state index < -0.39 is 0 Å². The second-order valence-corrected chi connectivity index (χ2v) is 3.19. The third kappa shape index (κ3) is 1.62. The molecule has 61 valence electrons. The Balaban J connectivity index is 3.25. The lowest BCUT2D eigenvalue weighted by Gasteiger charge is -2.07. The Labute approximate surface area is 78.6 Å². The molecule has 1 heteroatoms. The highest BCUT2D eigenvalue weighted by molar-refractivity contribution is 6.32. The van der Waals surface area contributed by atoms with Crippen molar-refractivity contribution in [3.63, 3.8) is 0 Å². The molecule has 12 heavy (non-hydrogen) atoms. The lowest BCUT2D eigenvalue weighted by molar-refractivity contribution is 1.15. The van der Waals surface area contributed by atoms with Gasteiger partial charge in [0, 0.05) is 11.5 Å². The molecule has 1 radical (unpaired) electrons. The molecule has 0 N–H and O–H groups in total. The van der Waals surface area contributed by atoms with Crippen LogP contribution in [0.5, 0.6) is 0 Å². The van der Waals surface area contributed by atoms with E-state index in [9.17, 15) is 0 Å². The van der Waals surface area contributed by atoms with Crippen LogP contribution in [0, 0.1) is 18.3 Å². The average molecular weight is 178 g/mol. The zero-order valence-corrected chi connectivity index (χ0v) is 7.94. The first-order valence-corrected chi connectivity index (χ1v) is 4.10. The standard InChI is InChI=1S/C11H10Cl/c1-4-9-6-5-7-10(8(2)3)11(9)12/h1,5-7H,2-3H3. The summed E-state index contributed by atoms with van der Waals surface area (Å²) < 4.78 is 0. The Morgan fingerprint density at radius 2 is 2.08 bits per heavy atom. The first-order valence-electron chi connectivity index (χ1n) is 3.72. The fourth-order valence-corrected chi connectivity index (χ4v) is 1.40. The van der Waals surface area contributed by atoms with Crippen LogP contribution >= 0.6 is 11.6 Å². The molecule has 0 fully saturated rings. The van der Waals surface area contributed by atoms with Crippen molar-refractivity contribution in [2.75, 3.05) is 0 Å². The van der Waals surface area contributed by atoms with E-state index in [4.69, 9.17) is 18.0 Å². The molecule has 0 saturated heterocycles. The van der Waals surface area contributed by atoms with Gasteiger partial charge in [0.2, 0.25) is 0 Å². The summed E-state index contributed by atoms with van der Waals surface area (Å²) in [4.78, 5) is 0. The first kappa shape index (κ1) is 9.16. The molecule has 1 rings (SSSR count). The normalized spacial score (nSPS) is 9.92. The molecule has 1 aromatic rings. The zero-order chi connectivity index (χ0) is 9.14. The molecule has 0 unspecified atom stereocenters. The predicted molar refractivity (Wildman–Crippen MR) is 53.1 cm³/mol. The second-order valence-electron chi connectivity index (χ2n) is 2.81. The number of rotatable bonds is 1. The molecule has 0 spiro atoms. The van der Waals surface area contributed by atoms with Crippen LogP contribution in [0.25, 0.3) is 0 Å². The number of hydrogen-bond acceptors (Lipinski definition) is 0. The molecule has 0 aliphatic rings. The third-order valence-electron chi connectivity index (χ3n) is 1.69. The maximum Gasteiger partial charge on any atom is 0.0600 e. The van der Waals surface area contributed by atoms with Crippen molar-refractivity contribution in [2.24, 2.45) is 0 Å². The minimum atomic E-state index is 0.681. The summed E-state index contributed by atoms with van der Waals surface area (Å²) in [7, 11) is 0. The van der Waals surface area contributed by atoms with Crippen LogP contribution in [-0.4, -0.2) is 0 Å². The van der Waals surface area contributed by atoms with Crippen LogP contribution < -0.4 is 0 Å². The summed E-state index contributed by atoms with van der Waals surface area (Å²) in [5.41, 5.74) is 1.79. The first-order chi connectivity index (χ1) is 5.66. The van der Waals surface area contributed by atoms with Crippen molar-refractivity contribution in [3.05, 3.63) is 40.3 Å². The van der Waals surface area contributed by atoms with Gasteiger partial charge in [0.15, 0.2) is 0 Å². The molecule has 0 bridgehead atoms. The summed E-state index contributed by atoms with van der Waals surface area (Å²) in [5, 5.41) is 0.681. The van der Waals surface area contributed by atoms with Crippen molar-refractivity contribution in [3.8, 4) is 12.3 Å². The Kier molecular flexibility index (Phi) is 2.78. The van der Waals surface area contributed by atoms with E-state index in [1.807, 2.05) is 32.0 Å². The van der Waals surface area contributed by atoms with E-state index in [-0.39, 0.29) is 0 Å². The van der Waals surface area contributed by atoms with Crippen molar-refractivity contribution in [1.29, 1.82) is 0 Å². The molecule has 0 saturated carbocycles. The van der Waals surface area contributed by atoms with Gasteiger partial charge >= 0.3 is 0 Å². The van der Waals surface area contributed by atoms with Crippen molar-refractivity contribution in [2.45, 2.75) is 13.8 Å². The SMILES string of the molecule is C#Cc1cccc([C](C)C)c1Cl. The maximum absolute atomic E-state index is 6.04. The van der Waals surface area contributed by atoms with E-state index in [1.165, 1.54) is 5.92 Å². The zero-order valence-electron chi connectivity index (χ0n) is 7.19. The van der Waals surface area contributed by atoms with Gasteiger partial charge in [-0.15, -0.1) is 6.42 Å². The minimum absolute atomic E-state index is 0.681. The van der Waals surface area contributed by atoms with Gasteiger partial charge in [0.05, 0.1) is 5.02 Å². The average Bonchev–Trinajstić information content (AvgIpc) is 2.04. The summed E-state index contributed by atoms with van der Waals surface area (Å²) in [6.45, 7) is 4.03. The highest BCUT2D eigenvalue weighted by atomic mass is 35.5. The Hall–Kier alpha value is -0.930. The van der Waals surface area contributed by atoms with Gasteiger partial charge in [-0.05, 0) is 11.6 Å². The maximum atomic E-state index is 6.04. The van der Waals surface area contributed by atoms with E-state index in [0.29, 0.717) is 5.02 Å². The Bertz CT molecular complexity index is 318. The molecule has 1 aromatic carbocycles. The molecule has 0 nitrogen and oxygen atoms in total. The van der Waals surface area contributed by atoms with Crippen LogP contribution in [0.2, 0.25) is 5.02 Å². The molecule has 0 amide bonds. The smallest absolute Gasteiger partial charge is 0.0600 e. The highest BCUT2D eigenvalue weighted by Gasteiger charge is 2.07. The van der Waals surface area contributed by atoms with Crippen molar-refractivity contribution in [1.82, 2.24) is 0 Å². The fourth-order valence-electron chi connectivity index (χ4n) is 1.03. The number of hydrogen-bond donors (Lipinski definition) is 0. The van der Waals surface area contributed by atoms with E-state index in [1.54, 1.807) is 0 Å².